The molecule has 0 unspecified atom stereocenters. The first-order valence-electron chi connectivity index (χ1n) is 3.65. The molecule has 1 aromatic heterocycles. The van der Waals surface area contributed by atoms with Crippen molar-refractivity contribution in [2.24, 2.45) is 0 Å². The van der Waals surface area contributed by atoms with Gasteiger partial charge in [-0.15, -0.1) is 11.6 Å². The number of pyridine rings is 1. The predicted octanol–water partition coefficient (Wildman–Crippen LogP) is 1.89. The molecular formula is C9H7ClN2O. The summed E-state index contributed by atoms with van der Waals surface area (Å²) in [5, 5.41) is 8.63. The van der Waals surface area contributed by atoms with E-state index in [4.69, 9.17) is 16.9 Å². The van der Waals surface area contributed by atoms with Gasteiger partial charge in [0.25, 0.3) is 0 Å². The van der Waals surface area contributed by atoms with Gasteiger partial charge in [0.2, 0.25) is 0 Å². The van der Waals surface area contributed by atoms with Crippen molar-refractivity contribution in [2.45, 2.75) is 12.8 Å². The van der Waals surface area contributed by atoms with Crippen molar-refractivity contribution in [3.05, 3.63) is 29.1 Å². The Morgan fingerprint density at radius 2 is 2.38 bits per heavy atom. The summed E-state index contributed by atoms with van der Waals surface area (Å²) in [7, 11) is 0. The van der Waals surface area contributed by atoms with Crippen molar-refractivity contribution in [3.8, 4) is 6.07 Å². The maximum absolute atomic E-state index is 11.0. The second-order valence-corrected chi connectivity index (χ2v) is 2.80. The maximum atomic E-state index is 11.0. The monoisotopic (exact) mass is 194 g/mol. The number of Topliss-reactive ketones (excluding diaryl/α,β-unsaturated/α-hetero) is 1. The van der Waals surface area contributed by atoms with Crippen molar-refractivity contribution in [1.29, 1.82) is 5.26 Å². The van der Waals surface area contributed by atoms with Crippen molar-refractivity contribution in [1.82, 2.24) is 4.98 Å². The molecule has 4 heteroatoms. The summed E-state index contributed by atoms with van der Waals surface area (Å²) < 4.78 is 0. The molecule has 1 rings (SSSR count). The fourth-order valence-electron chi connectivity index (χ4n) is 0.901. The van der Waals surface area contributed by atoms with E-state index in [1.165, 1.54) is 13.0 Å². The van der Waals surface area contributed by atoms with E-state index in [1.807, 2.05) is 6.07 Å². The normalized spacial score (nSPS) is 9.31. The van der Waals surface area contributed by atoms with Gasteiger partial charge in [-0.3, -0.25) is 4.79 Å². The number of hydrogen-bond acceptors (Lipinski definition) is 3. The molecule has 0 saturated carbocycles. The van der Waals surface area contributed by atoms with Gasteiger partial charge in [0.15, 0.2) is 5.78 Å². The average Bonchev–Trinajstić information content (AvgIpc) is 2.16. The SMILES string of the molecule is CC(=O)c1cc(C#N)cc(CCl)n1. The van der Waals surface area contributed by atoms with Gasteiger partial charge in [-0.25, -0.2) is 4.98 Å². The quantitative estimate of drug-likeness (QED) is 0.534. The van der Waals surface area contributed by atoms with Crippen LogP contribution in [-0.4, -0.2) is 10.8 Å². The Morgan fingerprint density at radius 1 is 1.69 bits per heavy atom. The number of carbonyl (C=O) groups excluding carboxylic acids is 1. The van der Waals surface area contributed by atoms with Crippen LogP contribution >= 0.6 is 11.6 Å². The molecule has 3 nitrogen and oxygen atoms in total. The molecule has 0 fully saturated rings. The van der Waals surface area contributed by atoms with Crippen molar-refractivity contribution >= 4 is 17.4 Å². The first-order chi connectivity index (χ1) is 6.17. The van der Waals surface area contributed by atoms with E-state index in [0.717, 1.165) is 0 Å². The molecule has 0 aliphatic heterocycles. The number of hydrogen-bond donors (Lipinski definition) is 0. The van der Waals surface area contributed by atoms with Gasteiger partial charge in [-0.1, -0.05) is 0 Å². The number of ketones is 1. The van der Waals surface area contributed by atoms with Gasteiger partial charge in [0.1, 0.15) is 5.69 Å². The number of halogens is 1. The second kappa shape index (κ2) is 4.01. The second-order valence-electron chi connectivity index (χ2n) is 2.53. The molecule has 66 valence electrons. The Hall–Kier alpha value is -1.40. The molecule has 0 radical (unpaired) electrons. The van der Waals surface area contributed by atoms with Crippen LogP contribution in [0.15, 0.2) is 12.1 Å². The van der Waals surface area contributed by atoms with E-state index in [1.54, 1.807) is 6.07 Å². The number of nitriles is 1. The van der Waals surface area contributed by atoms with Crippen LogP contribution in [0.2, 0.25) is 0 Å². The molecule has 0 aliphatic carbocycles. The molecule has 13 heavy (non-hydrogen) atoms. The first-order valence-corrected chi connectivity index (χ1v) is 4.18. The standard InChI is InChI=1S/C9H7ClN2O/c1-6(13)9-3-7(5-11)2-8(4-10)12-9/h2-3H,4H2,1H3. The van der Waals surface area contributed by atoms with E-state index < -0.39 is 0 Å². The lowest BCUT2D eigenvalue weighted by Crippen LogP contribution is -2.00. The summed E-state index contributed by atoms with van der Waals surface area (Å²) in [5.41, 5.74) is 1.25. The minimum absolute atomic E-state index is 0.163. The van der Waals surface area contributed by atoms with Crippen LogP contribution in [0.5, 0.6) is 0 Å². The van der Waals surface area contributed by atoms with Gasteiger partial charge >= 0.3 is 0 Å². The number of carbonyl (C=O) groups is 1. The Kier molecular flexibility index (Phi) is 2.99. The summed E-state index contributed by atoms with van der Waals surface area (Å²) in [6.07, 6.45) is 0. The van der Waals surface area contributed by atoms with Crippen LogP contribution < -0.4 is 0 Å². The van der Waals surface area contributed by atoms with Gasteiger partial charge in [-0.05, 0) is 12.1 Å². The molecule has 0 N–H and O–H groups in total. The Bertz CT molecular complexity index is 382. The number of alkyl halides is 1. The highest BCUT2D eigenvalue weighted by atomic mass is 35.5. The molecule has 0 saturated heterocycles. The fraction of sp³-hybridized carbons (Fsp3) is 0.222. The van der Waals surface area contributed by atoms with Gasteiger partial charge < -0.3 is 0 Å². The Morgan fingerprint density at radius 3 is 2.85 bits per heavy atom. The summed E-state index contributed by atoms with van der Waals surface area (Å²) >= 11 is 5.55. The Balaban J connectivity index is 3.24. The van der Waals surface area contributed by atoms with Gasteiger partial charge in [0.05, 0.1) is 23.2 Å². The zero-order valence-electron chi connectivity index (χ0n) is 7.04. The first kappa shape index (κ1) is 9.69. The number of aromatic nitrogens is 1. The molecule has 0 amide bonds. The zero-order valence-corrected chi connectivity index (χ0v) is 7.80. The molecule has 0 bridgehead atoms. The van der Waals surface area contributed by atoms with E-state index in [0.29, 0.717) is 11.3 Å². The highest BCUT2D eigenvalue weighted by Crippen LogP contribution is 2.07. The average molecular weight is 195 g/mol. The highest BCUT2D eigenvalue weighted by molar-refractivity contribution is 6.16. The molecule has 0 spiro atoms. The van der Waals surface area contributed by atoms with E-state index in [9.17, 15) is 4.79 Å². The molecule has 1 heterocycles. The predicted molar refractivity (Wildman–Crippen MR) is 48.5 cm³/mol. The van der Waals surface area contributed by atoms with Gasteiger partial charge in [0, 0.05) is 6.92 Å². The van der Waals surface area contributed by atoms with Crippen molar-refractivity contribution in [2.75, 3.05) is 0 Å². The van der Waals surface area contributed by atoms with Crippen LogP contribution in [0, 0.1) is 11.3 Å². The summed E-state index contributed by atoms with van der Waals surface area (Å²) in [4.78, 5) is 14.9. The highest BCUT2D eigenvalue weighted by Gasteiger charge is 2.05. The third kappa shape index (κ3) is 2.27. The molecule has 0 atom stereocenters. The Labute approximate surface area is 81.0 Å². The minimum Gasteiger partial charge on any atom is -0.293 e. The molecule has 1 aromatic rings. The van der Waals surface area contributed by atoms with E-state index >= 15 is 0 Å². The lowest BCUT2D eigenvalue weighted by Gasteiger charge is -1.99. The lowest BCUT2D eigenvalue weighted by molar-refractivity contribution is 0.101. The van der Waals surface area contributed by atoms with E-state index in [-0.39, 0.29) is 17.4 Å². The lowest BCUT2D eigenvalue weighted by atomic mass is 10.2. The summed E-state index contributed by atoms with van der Waals surface area (Å²) in [5.74, 6) is 0.0407. The van der Waals surface area contributed by atoms with Crippen LogP contribution in [0.3, 0.4) is 0 Å². The van der Waals surface area contributed by atoms with Crippen LogP contribution in [0.1, 0.15) is 28.7 Å². The maximum Gasteiger partial charge on any atom is 0.178 e. The third-order valence-corrected chi connectivity index (χ3v) is 1.78. The molecule has 0 aliphatic rings. The van der Waals surface area contributed by atoms with Crippen molar-refractivity contribution < 1.29 is 4.79 Å². The zero-order chi connectivity index (χ0) is 9.84. The van der Waals surface area contributed by atoms with Crippen LogP contribution in [-0.2, 0) is 5.88 Å². The topological polar surface area (TPSA) is 53.8 Å². The fourth-order valence-corrected chi connectivity index (χ4v) is 1.04. The number of nitrogens with zero attached hydrogens (tertiary/aromatic N) is 2. The van der Waals surface area contributed by atoms with E-state index in [2.05, 4.69) is 4.98 Å². The summed E-state index contributed by atoms with van der Waals surface area (Å²) in [6, 6.07) is 4.97. The molecule has 0 aromatic carbocycles. The van der Waals surface area contributed by atoms with Crippen LogP contribution in [0.4, 0.5) is 0 Å². The largest absolute Gasteiger partial charge is 0.293 e. The smallest absolute Gasteiger partial charge is 0.178 e. The molecular weight excluding hydrogens is 188 g/mol. The van der Waals surface area contributed by atoms with Gasteiger partial charge in [-0.2, -0.15) is 5.26 Å². The van der Waals surface area contributed by atoms with Crippen LogP contribution in [0.25, 0.3) is 0 Å². The number of rotatable bonds is 2. The summed E-state index contributed by atoms with van der Waals surface area (Å²) in [6.45, 7) is 1.40. The minimum atomic E-state index is -0.163. The van der Waals surface area contributed by atoms with Crippen molar-refractivity contribution in [3.63, 3.8) is 0 Å². The third-order valence-electron chi connectivity index (χ3n) is 1.51.